The highest BCUT2D eigenvalue weighted by molar-refractivity contribution is 9.10. The van der Waals surface area contributed by atoms with E-state index in [1.54, 1.807) is 12.1 Å². The van der Waals surface area contributed by atoms with Crippen molar-refractivity contribution in [1.29, 1.82) is 0 Å². The lowest BCUT2D eigenvalue weighted by molar-refractivity contribution is -0.118. The van der Waals surface area contributed by atoms with Crippen molar-refractivity contribution in [3.8, 4) is 0 Å². The minimum atomic E-state index is -4.60. The highest BCUT2D eigenvalue weighted by Gasteiger charge is 2.33. The summed E-state index contributed by atoms with van der Waals surface area (Å²) in [6, 6.07) is 6.17. The van der Waals surface area contributed by atoms with Crippen molar-refractivity contribution in [3.05, 3.63) is 39.9 Å². The van der Waals surface area contributed by atoms with Crippen LogP contribution in [0.1, 0.15) is 5.56 Å². The third-order valence-electron chi connectivity index (χ3n) is 1.65. The zero-order valence-corrected chi connectivity index (χ0v) is 8.97. The Kier molecular flexibility index (Phi) is 3.68. The molecule has 80 valence electrons. The van der Waals surface area contributed by atoms with Crippen LogP contribution < -0.4 is 0 Å². The zero-order valence-electron chi connectivity index (χ0n) is 7.38. The Hall–Kier alpha value is -1.10. The fraction of sp³-hybridized carbons (Fsp3) is 0.100. The van der Waals surface area contributed by atoms with Gasteiger partial charge in [-0.3, -0.25) is 4.79 Å². The second-order valence-corrected chi connectivity index (χ2v) is 3.68. The second kappa shape index (κ2) is 4.61. The standard InChI is InChI=1S/C10H6BrF3O/c11-9-3-1-7(2-4-9)5-8(6-15)10(12,13)14/h1-6H/b8-5+. The smallest absolute Gasteiger partial charge is 0.298 e. The summed E-state index contributed by atoms with van der Waals surface area (Å²) >= 11 is 3.16. The predicted molar refractivity (Wildman–Crippen MR) is 54.2 cm³/mol. The fourth-order valence-corrected chi connectivity index (χ4v) is 1.19. The summed E-state index contributed by atoms with van der Waals surface area (Å²) in [5, 5.41) is 0. The average molecular weight is 279 g/mol. The van der Waals surface area contributed by atoms with E-state index in [0.717, 1.165) is 10.5 Å². The van der Waals surface area contributed by atoms with Crippen molar-refractivity contribution in [2.45, 2.75) is 6.18 Å². The first-order valence-corrected chi connectivity index (χ1v) is 4.72. The van der Waals surface area contributed by atoms with Crippen LogP contribution in [0.15, 0.2) is 34.3 Å². The molecule has 5 heteroatoms. The number of hydrogen-bond donors (Lipinski definition) is 0. The van der Waals surface area contributed by atoms with Gasteiger partial charge in [-0.25, -0.2) is 0 Å². The molecule has 0 radical (unpaired) electrons. The normalized spacial score (nSPS) is 12.7. The van der Waals surface area contributed by atoms with Gasteiger partial charge in [-0.2, -0.15) is 13.2 Å². The quantitative estimate of drug-likeness (QED) is 0.597. The molecule has 0 aliphatic carbocycles. The number of hydrogen-bond acceptors (Lipinski definition) is 1. The summed E-state index contributed by atoms with van der Waals surface area (Å²) in [7, 11) is 0. The molecule has 1 aromatic carbocycles. The third-order valence-corrected chi connectivity index (χ3v) is 2.18. The first-order valence-electron chi connectivity index (χ1n) is 3.93. The van der Waals surface area contributed by atoms with E-state index in [9.17, 15) is 18.0 Å². The summed E-state index contributed by atoms with van der Waals surface area (Å²) in [4.78, 5) is 10.2. The molecule has 0 aliphatic heterocycles. The van der Waals surface area contributed by atoms with Gasteiger partial charge < -0.3 is 0 Å². The van der Waals surface area contributed by atoms with Gasteiger partial charge in [0.25, 0.3) is 0 Å². The Morgan fingerprint density at radius 1 is 1.20 bits per heavy atom. The molecule has 0 unspecified atom stereocenters. The number of alkyl halides is 3. The Labute approximate surface area is 92.7 Å². The summed E-state index contributed by atoms with van der Waals surface area (Å²) in [6.45, 7) is 0. The largest absolute Gasteiger partial charge is 0.419 e. The van der Waals surface area contributed by atoms with Crippen molar-refractivity contribution in [1.82, 2.24) is 0 Å². The second-order valence-electron chi connectivity index (χ2n) is 2.77. The lowest BCUT2D eigenvalue weighted by atomic mass is 10.1. The first-order chi connectivity index (χ1) is 6.93. The van der Waals surface area contributed by atoms with Crippen molar-refractivity contribution >= 4 is 28.3 Å². The minimum absolute atomic E-state index is 0.192. The number of aldehydes is 1. The molecule has 0 saturated heterocycles. The molecule has 1 rings (SSSR count). The third kappa shape index (κ3) is 3.51. The highest BCUT2D eigenvalue weighted by atomic mass is 79.9. The van der Waals surface area contributed by atoms with Gasteiger partial charge in [0.05, 0.1) is 5.57 Å². The monoisotopic (exact) mass is 278 g/mol. The lowest BCUT2D eigenvalue weighted by Crippen LogP contribution is -2.12. The Bertz CT molecular complexity index is 379. The Balaban J connectivity index is 3.04. The molecule has 0 spiro atoms. The molecule has 0 heterocycles. The molecule has 0 N–H and O–H groups in total. The van der Waals surface area contributed by atoms with Crippen LogP contribution in [0.5, 0.6) is 0 Å². The lowest BCUT2D eigenvalue weighted by Gasteiger charge is -2.04. The molecule has 0 fully saturated rings. The summed E-state index contributed by atoms with van der Waals surface area (Å²) in [5.41, 5.74) is -0.859. The van der Waals surface area contributed by atoms with Crippen LogP contribution >= 0.6 is 15.9 Å². The molecule has 1 aromatic rings. The van der Waals surface area contributed by atoms with Crippen molar-refractivity contribution in [3.63, 3.8) is 0 Å². The summed E-state index contributed by atoms with van der Waals surface area (Å²) in [6.07, 6.45) is -3.99. The minimum Gasteiger partial charge on any atom is -0.298 e. The van der Waals surface area contributed by atoms with Crippen LogP contribution in [0.2, 0.25) is 0 Å². The van der Waals surface area contributed by atoms with Crippen LogP contribution in [0.4, 0.5) is 13.2 Å². The van der Waals surface area contributed by atoms with Crippen LogP contribution in [0, 0.1) is 0 Å². The van der Waals surface area contributed by atoms with Gasteiger partial charge in [0, 0.05) is 4.47 Å². The maximum absolute atomic E-state index is 12.2. The number of carbonyl (C=O) groups is 1. The molecule has 0 aliphatic rings. The van der Waals surface area contributed by atoms with Gasteiger partial charge in [0.2, 0.25) is 0 Å². The van der Waals surface area contributed by atoms with E-state index in [4.69, 9.17) is 0 Å². The zero-order chi connectivity index (χ0) is 11.5. The van der Waals surface area contributed by atoms with Gasteiger partial charge in [0.1, 0.15) is 0 Å². The predicted octanol–water partition coefficient (Wildman–Crippen LogP) is 3.59. The van der Waals surface area contributed by atoms with Gasteiger partial charge in [-0.1, -0.05) is 28.1 Å². The van der Waals surface area contributed by atoms with E-state index in [-0.39, 0.29) is 6.29 Å². The maximum Gasteiger partial charge on any atom is 0.419 e. The summed E-state index contributed by atoms with van der Waals surface area (Å²) < 4.78 is 37.3. The number of halogens is 4. The van der Waals surface area contributed by atoms with E-state index < -0.39 is 11.7 Å². The van der Waals surface area contributed by atoms with Crippen LogP contribution in [0.3, 0.4) is 0 Å². The van der Waals surface area contributed by atoms with Gasteiger partial charge >= 0.3 is 6.18 Å². The molecular weight excluding hydrogens is 273 g/mol. The number of rotatable bonds is 2. The Morgan fingerprint density at radius 3 is 2.13 bits per heavy atom. The van der Waals surface area contributed by atoms with E-state index in [1.807, 2.05) is 0 Å². The SMILES string of the molecule is O=C/C(=C\c1ccc(Br)cc1)C(F)(F)F. The molecule has 0 saturated carbocycles. The van der Waals surface area contributed by atoms with E-state index in [0.29, 0.717) is 5.56 Å². The first kappa shape index (κ1) is 12.0. The highest BCUT2D eigenvalue weighted by Crippen LogP contribution is 2.26. The van der Waals surface area contributed by atoms with Gasteiger partial charge in [-0.05, 0) is 23.8 Å². The fourth-order valence-electron chi connectivity index (χ4n) is 0.921. The van der Waals surface area contributed by atoms with Gasteiger partial charge in [0.15, 0.2) is 6.29 Å². The molecule has 0 aromatic heterocycles. The van der Waals surface area contributed by atoms with Crippen LogP contribution in [-0.4, -0.2) is 12.5 Å². The molecule has 1 nitrogen and oxygen atoms in total. The number of allylic oxidation sites excluding steroid dienone is 1. The van der Waals surface area contributed by atoms with Gasteiger partial charge in [-0.15, -0.1) is 0 Å². The number of carbonyl (C=O) groups excluding carboxylic acids is 1. The molecule has 0 amide bonds. The molecular formula is C10H6BrF3O. The number of benzene rings is 1. The Morgan fingerprint density at radius 2 is 1.73 bits per heavy atom. The van der Waals surface area contributed by atoms with E-state index in [1.165, 1.54) is 12.1 Å². The molecule has 0 bridgehead atoms. The van der Waals surface area contributed by atoms with Crippen molar-refractivity contribution < 1.29 is 18.0 Å². The van der Waals surface area contributed by atoms with Crippen LogP contribution in [0.25, 0.3) is 6.08 Å². The topological polar surface area (TPSA) is 17.1 Å². The van der Waals surface area contributed by atoms with E-state index >= 15 is 0 Å². The molecule has 15 heavy (non-hydrogen) atoms. The average Bonchev–Trinajstić information content (AvgIpc) is 2.15. The van der Waals surface area contributed by atoms with Crippen molar-refractivity contribution in [2.75, 3.05) is 0 Å². The van der Waals surface area contributed by atoms with E-state index in [2.05, 4.69) is 15.9 Å². The van der Waals surface area contributed by atoms with Crippen molar-refractivity contribution in [2.24, 2.45) is 0 Å². The maximum atomic E-state index is 12.2. The molecule has 0 atom stereocenters. The summed E-state index contributed by atoms with van der Waals surface area (Å²) in [5.74, 6) is 0. The van der Waals surface area contributed by atoms with Crippen LogP contribution in [-0.2, 0) is 4.79 Å².